The minimum atomic E-state index is -0.0940. The number of hydrogen-bond acceptors (Lipinski definition) is 4. The SMILES string of the molecule is COc1ccc(NC(=O)C2CCc3n[nH]nc3C2)cc1Cl. The Kier molecular flexibility index (Phi) is 3.79. The number of nitrogens with one attached hydrogen (secondary N) is 2. The van der Waals surface area contributed by atoms with Crippen molar-refractivity contribution in [3.05, 3.63) is 34.6 Å². The number of nitrogens with zero attached hydrogens (tertiary/aromatic N) is 2. The van der Waals surface area contributed by atoms with Crippen molar-refractivity contribution in [1.29, 1.82) is 0 Å². The van der Waals surface area contributed by atoms with Crippen molar-refractivity contribution in [1.82, 2.24) is 15.4 Å². The number of aromatic nitrogens is 3. The first-order valence-corrected chi connectivity index (χ1v) is 7.08. The molecular formula is C14H15ClN4O2. The molecule has 1 aromatic heterocycles. The molecule has 1 amide bonds. The van der Waals surface area contributed by atoms with Crippen LogP contribution in [0, 0.1) is 5.92 Å². The van der Waals surface area contributed by atoms with Crippen molar-refractivity contribution in [2.75, 3.05) is 12.4 Å². The fraction of sp³-hybridized carbons (Fsp3) is 0.357. The van der Waals surface area contributed by atoms with E-state index in [1.165, 1.54) is 0 Å². The van der Waals surface area contributed by atoms with Gasteiger partial charge in [0.1, 0.15) is 5.75 Å². The van der Waals surface area contributed by atoms with E-state index in [0.29, 0.717) is 22.9 Å². The number of H-pyrrole nitrogens is 1. The van der Waals surface area contributed by atoms with Crippen LogP contribution in [-0.4, -0.2) is 28.4 Å². The number of ether oxygens (including phenoxy) is 1. The summed E-state index contributed by atoms with van der Waals surface area (Å²) in [6, 6.07) is 5.18. The molecule has 1 aliphatic rings. The highest BCUT2D eigenvalue weighted by molar-refractivity contribution is 6.32. The molecule has 1 heterocycles. The zero-order valence-corrected chi connectivity index (χ0v) is 12.3. The molecule has 0 saturated heterocycles. The zero-order chi connectivity index (χ0) is 14.8. The van der Waals surface area contributed by atoms with E-state index in [2.05, 4.69) is 20.7 Å². The maximum absolute atomic E-state index is 12.3. The van der Waals surface area contributed by atoms with Crippen LogP contribution in [0.5, 0.6) is 5.75 Å². The van der Waals surface area contributed by atoms with Crippen molar-refractivity contribution in [3.8, 4) is 5.75 Å². The second-order valence-electron chi connectivity index (χ2n) is 5.00. The molecule has 3 rings (SSSR count). The molecule has 0 saturated carbocycles. The van der Waals surface area contributed by atoms with E-state index in [9.17, 15) is 4.79 Å². The van der Waals surface area contributed by atoms with Gasteiger partial charge in [-0.1, -0.05) is 11.6 Å². The van der Waals surface area contributed by atoms with E-state index in [0.717, 1.165) is 24.2 Å². The van der Waals surface area contributed by atoms with E-state index < -0.39 is 0 Å². The van der Waals surface area contributed by atoms with Gasteiger partial charge in [-0.2, -0.15) is 15.4 Å². The number of aryl methyl sites for hydroxylation is 1. The number of fused-ring (bicyclic) bond motifs is 1. The Balaban J connectivity index is 1.68. The number of rotatable bonds is 3. The van der Waals surface area contributed by atoms with Crippen molar-refractivity contribution in [2.24, 2.45) is 5.92 Å². The van der Waals surface area contributed by atoms with Crippen LogP contribution in [0.4, 0.5) is 5.69 Å². The molecule has 1 aliphatic carbocycles. The van der Waals surface area contributed by atoms with Gasteiger partial charge in [-0.3, -0.25) is 4.79 Å². The number of benzene rings is 1. The minimum Gasteiger partial charge on any atom is -0.495 e. The Morgan fingerprint density at radius 3 is 3.00 bits per heavy atom. The topological polar surface area (TPSA) is 79.9 Å². The smallest absolute Gasteiger partial charge is 0.227 e. The summed E-state index contributed by atoms with van der Waals surface area (Å²) in [5, 5.41) is 14.1. The molecule has 1 unspecified atom stereocenters. The molecule has 21 heavy (non-hydrogen) atoms. The monoisotopic (exact) mass is 306 g/mol. The van der Waals surface area contributed by atoms with Crippen LogP contribution in [0.2, 0.25) is 5.02 Å². The lowest BCUT2D eigenvalue weighted by molar-refractivity contribution is -0.120. The van der Waals surface area contributed by atoms with Gasteiger partial charge >= 0.3 is 0 Å². The van der Waals surface area contributed by atoms with Crippen LogP contribution in [-0.2, 0) is 17.6 Å². The number of hydrogen-bond donors (Lipinski definition) is 2. The van der Waals surface area contributed by atoms with E-state index in [-0.39, 0.29) is 11.8 Å². The van der Waals surface area contributed by atoms with E-state index in [4.69, 9.17) is 16.3 Å². The summed E-state index contributed by atoms with van der Waals surface area (Å²) < 4.78 is 5.09. The Morgan fingerprint density at radius 2 is 2.24 bits per heavy atom. The Hall–Kier alpha value is -2.08. The third-order valence-electron chi connectivity index (χ3n) is 3.66. The number of amides is 1. The lowest BCUT2D eigenvalue weighted by Crippen LogP contribution is -2.28. The Morgan fingerprint density at radius 1 is 1.43 bits per heavy atom. The first-order valence-electron chi connectivity index (χ1n) is 6.70. The third kappa shape index (κ3) is 2.85. The molecule has 6 nitrogen and oxygen atoms in total. The van der Waals surface area contributed by atoms with Crippen LogP contribution in [0.1, 0.15) is 17.8 Å². The predicted molar refractivity (Wildman–Crippen MR) is 78.5 cm³/mol. The van der Waals surface area contributed by atoms with Gasteiger partial charge in [-0.05, 0) is 31.0 Å². The van der Waals surface area contributed by atoms with Crippen LogP contribution >= 0.6 is 11.6 Å². The molecule has 0 radical (unpaired) electrons. The van der Waals surface area contributed by atoms with Gasteiger partial charge in [0, 0.05) is 18.0 Å². The van der Waals surface area contributed by atoms with Crippen molar-refractivity contribution in [3.63, 3.8) is 0 Å². The highest BCUT2D eigenvalue weighted by atomic mass is 35.5. The average Bonchev–Trinajstić information content (AvgIpc) is 2.94. The molecule has 110 valence electrons. The van der Waals surface area contributed by atoms with Crippen molar-refractivity contribution >= 4 is 23.2 Å². The van der Waals surface area contributed by atoms with Gasteiger partial charge < -0.3 is 10.1 Å². The second-order valence-corrected chi connectivity index (χ2v) is 5.40. The van der Waals surface area contributed by atoms with E-state index in [1.807, 2.05) is 0 Å². The Labute approximate surface area is 126 Å². The van der Waals surface area contributed by atoms with Crippen LogP contribution in [0.25, 0.3) is 0 Å². The summed E-state index contributed by atoms with van der Waals surface area (Å²) in [4.78, 5) is 12.3. The maximum Gasteiger partial charge on any atom is 0.227 e. The summed E-state index contributed by atoms with van der Waals surface area (Å²) >= 11 is 6.05. The summed E-state index contributed by atoms with van der Waals surface area (Å²) in [6.07, 6.45) is 2.16. The van der Waals surface area contributed by atoms with Crippen molar-refractivity contribution < 1.29 is 9.53 Å². The third-order valence-corrected chi connectivity index (χ3v) is 3.96. The number of halogens is 1. The fourth-order valence-corrected chi connectivity index (χ4v) is 2.75. The van der Waals surface area contributed by atoms with Gasteiger partial charge in [0.15, 0.2) is 0 Å². The highest BCUT2D eigenvalue weighted by Gasteiger charge is 2.27. The van der Waals surface area contributed by atoms with E-state index in [1.54, 1.807) is 25.3 Å². The lowest BCUT2D eigenvalue weighted by Gasteiger charge is -2.19. The largest absolute Gasteiger partial charge is 0.495 e. The van der Waals surface area contributed by atoms with Gasteiger partial charge in [-0.15, -0.1) is 0 Å². The first-order chi connectivity index (χ1) is 10.2. The number of carbonyl (C=O) groups is 1. The van der Waals surface area contributed by atoms with Crippen molar-refractivity contribution in [2.45, 2.75) is 19.3 Å². The number of anilines is 1. The minimum absolute atomic E-state index is 0.0233. The summed E-state index contributed by atoms with van der Waals surface area (Å²) in [5.41, 5.74) is 2.51. The summed E-state index contributed by atoms with van der Waals surface area (Å²) in [7, 11) is 1.55. The molecule has 2 N–H and O–H groups in total. The van der Waals surface area contributed by atoms with Crippen LogP contribution < -0.4 is 10.1 Å². The zero-order valence-electron chi connectivity index (χ0n) is 11.5. The van der Waals surface area contributed by atoms with Gasteiger partial charge in [-0.25, -0.2) is 0 Å². The molecule has 0 bridgehead atoms. The molecule has 0 fully saturated rings. The summed E-state index contributed by atoms with van der Waals surface area (Å²) in [6.45, 7) is 0. The number of aromatic amines is 1. The average molecular weight is 307 g/mol. The molecule has 7 heteroatoms. The molecule has 0 aliphatic heterocycles. The van der Waals surface area contributed by atoms with Gasteiger partial charge in [0.2, 0.25) is 5.91 Å². The molecule has 1 aromatic carbocycles. The molecule has 1 atom stereocenters. The number of carbonyl (C=O) groups excluding carboxylic acids is 1. The normalized spacial score (nSPS) is 17.1. The number of methoxy groups -OCH3 is 1. The van der Waals surface area contributed by atoms with Crippen LogP contribution in [0.15, 0.2) is 18.2 Å². The maximum atomic E-state index is 12.3. The quantitative estimate of drug-likeness (QED) is 0.911. The van der Waals surface area contributed by atoms with Gasteiger partial charge in [0.25, 0.3) is 0 Å². The standard InChI is InChI=1S/C14H15ClN4O2/c1-21-13-5-3-9(7-10(13)15)16-14(20)8-2-4-11-12(6-8)18-19-17-11/h3,5,7-8H,2,4,6H2,1H3,(H,16,20)(H,17,18,19). The molecule has 2 aromatic rings. The first kappa shape index (κ1) is 13.9. The lowest BCUT2D eigenvalue weighted by atomic mass is 9.89. The molecule has 0 spiro atoms. The van der Waals surface area contributed by atoms with Crippen LogP contribution in [0.3, 0.4) is 0 Å². The highest BCUT2D eigenvalue weighted by Crippen LogP contribution is 2.28. The Bertz CT molecular complexity index is 671. The summed E-state index contributed by atoms with van der Waals surface area (Å²) in [5.74, 6) is 0.466. The molecular weight excluding hydrogens is 292 g/mol. The second kappa shape index (κ2) is 5.73. The van der Waals surface area contributed by atoms with Gasteiger partial charge in [0.05, 0.1) is 23.5 Å². The predicted octanol–water partition coefficient (Wildman–Crippen LogP) is 2.21. The van der Waals surface area contributed by atoms with E-state index >= 15 is 0 Å². The fourth-order valence-electron chi connectivity index (χ4n) is 2.50.